The summed E-state index contributed by atoms with van der Waals surface area (Å²) in [6, 6.07) is 8.32. The van der Waals surface area contributed by atoms with Gasteiger partial charge in [0.2, 0.25) is 0 Å². The Morgan fingerprint density at radius 1 is 1.09 bits per heavy atom. The highest BCUT2D eigenvalue weighted by Gasteiger charge is 2.13. The molecule has 5 heteroatoms. The number of nitrogens with zero attached hydrogens (tertiary/aromatic N) is 1. The lowest BCUT2D eigenvalue weighted by Gasteiger charge is -2.12. The van der Waals surface area contributed by atoms with E-state index in [1.165, 1.54) is 13.2 Å². The van der Waals surface area contributed by atoms with Crippen molar-refractivity contribution in [3.05, 3.63) is 58.4 Å². The summed E-state index contributed by atoms with van der Waals surface area (Å²) in [5.41, 5.74) is 4.03. The number of pyridine rings is 1. The van der Waals surface area contributed by atoms with Crippen molar-refractivity contribution in [1.82, 2.24) is 4.98 Å². The molecule has 0 radical (unpaired) electrons. The second kappa shape index (κ2) is 6.39. The zero-order chi connectivity index (χ0) is 16.3. The van der Waals surface area contributed by atoms with Crippen molar-refractivity contribution in [3.63, 3.8) is 0 Å². The number of amides is 1. The van der Waals surface area contributed by atoms with Crippen LogP contribution < -0.4 is 5.32 Å². The number of benzene rings is 1. The van der Waals surface area contributed by atoms with Gasteiger partial charge in [-0.05, 0) is 50.6 Å². The van der Waals surface area contributed by atoms with Gasteiger partial charge >= 0.3 is 5.97 Å². The molecule has 0 atom stereocenters. The van der Waals surface area contributed by atoms with Gasteiger partial charge < -0.3 is 10.1 Å². The quantitative estimate of drug-likeness (QED) is 0.884. The lowest BCUT2D eigenvalue weighted by Crippen LogP contribution is -2.15. The van der Waals surface area contributed by atoms with E-state index in [1.54, 1.807) is 18.2 Å². The van der Waals surface area contributed by atoms with Crippen LogP contribution in [0.3, 0.4) is 0 Å². The first-order valence-electron chi connectivity index (χ1n) is 6.87. The van der Waals surface area contributed by atoms with Crippen molar-refractivity contribution in [2.24, 2.45) is 0 Å². The summed E-state index contributed by atoms with van der Waals surface area (Å²) in [6.07, 6.45) is 0. The van der Waals surface area contributed by atoms with Crippen molar-refractivity contribution >= 4 is 17.6 Å². The fourth-order valence-corrected chi connectivity index (χ4v) is 2.30. The van der Waals surface area contributed by atoms with Crippen LogP contribution in [0, 0.1) is 20.8 Å². The maximum absolute atomic E-state index is 12.4. The van der Waals surface area contributed by atoms with Crippen molar-refractivity contribution in [2.45, 2.75) is 20.8 Å². The van der Waals surface area contributed by atoms with Gasteiger partial charge in [-0.25, -0.2) is 4.79 Å². The lowest BCUT2D eigenvalue weighted by molar-refractivity contribution is 0.0600. The fourth-order valence-electron chi connectivity index (χ4n) is 2.30. The topological polar surface area (TPSA) is 68.3 Å². The van der Waals surface area contributed by atoms with Crippen LogP contribution in [-0.2, 0) is 4.74 Å². The molecule has 1 aromatic carbocycles. The number of ether oxygens (including phenoxy) is 1. The molecule has 1 N–H and O–H groups in total. The van der Waals surface area contributed by atoms with Crippen molar-refractivity contribution in [3.8, 4) is 0 Å². The van der Waals surface area contributed by atoms with Gasteiger partial charge in [0.15, 0.2) is 0 Å². The third-order valence-corrected chi connectivity index (χ3v) is 3.31. The number of carbonyl (C=O) groups is 2. The van der Waals surface area contributed by atoms with E-state index in [2.05, 4.69) is 15.0 Å². The van der Waals surface area contributed by atoms with E-state index in [4.69, 9.17) is 0 Å². The van der Waals surface area contributed by atoms with Gasteiger partial charge in [-0.1, -0.05) is 6.07 Å². The maximum Gasteiger partial charge on any atom is 0.337 e. The van der Waals surface area contributed by atoms with E-state index in [0.717, 1.165) is 17.0 Å². The van der Waals surface area contributed by atoms with Gasteiger partial charge in [-0.15, -0.1) is 0 Å². The van der Waals surface area contributed by atoms with Crippen molar-refractivity contribution < 1.29 is 14.3 Å². The number of esters is 1. The van der Waals surface area contributed by atoms with Crippen LogP contribution in [0.25, 0.3) is 0 Å². The minimum absolute atomic E-state index is 0.289. The molecule has 0 saturated heterocycles. The summed E-state index contributed by atoms with van der Waals surface area (Å²) in [7, 11) is 1.31. The smallest absolute Gasteiger partial charge is 0.337 e. The molecular weight excluding hydrogens is 280 g/mol. The molecule has 0 aliphatic heterocycles. The predicted molar refractivity (Wildman–Crippen MR) is 84.2 cm³/mol. The van der Waals surface area contributed by atoms with Crippen LogP contribution >= 0.6 is 0 Å². The Labute approximate surface area is 129 Å². The highest BCUT2D eigenvalue weighted by Crippen LogP contribution is 2.20. The number of aryl methyl sites for hydroxylation is 3. The van der Waals surface area contributed by atoms with Gasteiger partial charge in [-0.3, -0.25) is 9.78 Å². The van der Waals surface area contributed by atoms with Crippen LogP contribution in [0.1, 0.15) is 37.7 Å². The minimum Gasteiger partial charge on any atom is -0.465 e. The van der Waals surface area contributed by atoms with E-state index in [9.17, 15) is 9.59 Å². The molecule has 22 heavy (non-hydrogen) atoms. The Morgan fingerprint density at radius 3 is 2.41 bits per heavy atom. The Morgan fingerprint density at radius 2 is 1.77 bits per heavy atom. The molecule has 1 amide bonds. The van der Waals surface area contributed by atoms with Crippen molar-refractivity contribution in [2.75, 3.05) is 12.4 Å². The lowest BCUT2D eigenvalue weighted by atomic mass is 10.1. The zero-order valence-electron chi connectivity index (χ0n) is 13.1. The molecule has 0 bridgehead atoms. The number of methoxy groups -OCH3 is 1. The molecule has 114 valence electrons. The average Bonchev–Trinajstić information content (AvgIpc) is 2.50. The normalized spacial score (nSPS) is 10.2. The second-order valence-corrected chi connectivity index (χ2v) is 5.07. The molecule has 0 unspecified atom stereocenters. The largest absolute Gasteiger partial charge is 0.465 e. The number of carbonyl (C=O) groups excluding carboxylic acids is 2. The van der Waals surface area contributed by atoms with E-state index < -0.39 is 5.97 Å². The summed E-state index contributed by atoms with van der Waals surface area (Å²) in [5.74, 6) is -0.762. The summed E-state index contributed by atoms with van der Waals surface area (Å²) in [4.78, 5) is 28.3. The predicted octanol–water partition coefficient (Wildman–Crippen LogP) is 3.05. The van der Waals surface area contributed by atoms with Gasteiger partial charge in [0, 0.05) is 11.3 Å². The Kier molecular flexibility index (Phi) is 4.56. The maximum atomic E-state index is 12.4. The molecule has 0 aliphatic carbocycles. The third-order valence-electron chi connectivity index (χ3n) is 3.31. The number of anilines is 1. The zero-order valence-corrected chi connectivity index (χ0v) is 13.1. The van der Waals surface area contributed by atoms with Crippen LogP contribution in [0.5, 0.6) is 0 Å². The number of hydrogen-bond acceptors (Lipinski definition) is 4. The molecular formula is C17H18N2O3. The van der Waals surface area contributed by atoms with E-state index in [1.807, 2.05) is 26.8 Å². The molecule has 0 spiro atoms. The van der Waals surface area contributed by atoms with E-state index in [0.29, 0.717) is 16.8 Å². The molecule has 1 aromatic heterocycles. The molecule has 1 heterocycles. The summed E-state index contributed by atoms with van der Waals surface area (Å²) in [6.45, 7) is 5.67. The van der Waals surface area contributed by atoms with Gasteiger partial charge in [-0.2, -0.15) is 0 Å². The van der Waals surface area contributed by atoms with Gasteiger partial charge in [0.1, 0.15) is 0 Å². The monoisotopic (exact) mass is 298 g/mol. The van der Waals surface area contributed by atoms with Gasteiger partial charge in [0.05, 0.1) is 24.1 Å². The number of hydrogen-bond donors (Lipinski definition) is 1. The van der Waals surface area contributed by atoms with Crippen LogP contribution in [-0.4, -0.2) is 24.0 Å². The first-order chi connectivity index (χ1) is 10.4. The highest BCUT2D eigenvalue weighted by molar-refractivity contribution is 6.06. The molecule has 0 aliphatic rings. The molecule has 0 fully saturated rings. The van der Waals surface area contributed by atoms with E-state index in [-0.39, 0.29) is 5.91 Å². The Hall–Kier alpha value is -2.69. The molecule has 2 rings (SSSR count). The highest BCUT2D eigenvalue weighted by atomic mass is 16.5. The Balaban J connectivity index is 2.29. The first-order valence-corrected chi connectivity index (χ1v) is 6.87. The van der Waals surface area contributed by atoms with Crippen LogP contribution in [0.2, 0.25) is 0 Å². The molecule has 2 aromatic rings. The first kappa shape index (κ1) is 15.7. The summed E-state index contributed by atoms with van der Waals surface area (Å²) >= 11 is 0. The van der Waals surface area contributed by atoms with Gasteiger partial charge in [0.25, 0.3) is 5.91 Å². The SMILES string of the molecule is COC(=O)c1cccc(C(=O)Nc2c(C)cc(C)nc2C)c1. The number of nitrogens with one attached hydrogen (secondary N) is 1. The summed E-state index contributed by atoms with van der Waals surface area (Å²) < 4.78 is 4.66. The van der Waals surface area contributed by atoms with Crippen molar-refractivity contribution in [1.29, 1.82) is 0 Å². The minimum atomic E-state index is -0.473. The third kappa shape index (κ3) is 3.31. The number of aromatic nitrogens is 1. The molecule has 5 nitrogen and oxygen atoms in total. The standard InChI is InChI=1S/C17H18N2O3/c1-10-8-11(2)18-12(3)15(10)19-16(20)13-6-5-7-14(9-13)17(21)22-4/h5-9H,1-4H3,(H,19,20). The molecule has 0 saturated carbocycles. The second-order valence-electron chi connectivity index (χ2n) is 5.07. The summed E-state index contributed by atoms with van der Waals surface area (Å²) in [5, 5.41) is 2.85. The number of rotatable bonds is 3. The van der Waals surface area contributed by atoms with Crippen LogP contribution in [0.15, 0.2) is 30.3 Å². The fraction of sp³-hybridized carbons (Fsp3) is 0.235. The Bertz CT molecular complexity index is 715. The van der Waals surface area contributed by atoms with E-state index >= 15 is 0 Å². The average molecular weight is 298 g/mol. The van der Waals surface area contributed by atoms with Crippen LogP contribution in [0.4, 0.5) is 5.69 Å².